The van der Waals surface area contributed by atoms with Crippen molar-refractivity contribution in [1.82, 2.24) is 20.1 Å². The molecular weight excluding hydrogens is 468 g/mol. The molecular formula is C24H31F2N9O. The van der Waals surface area contributed by atoms with Gasteiger partial charge in [0, 0.05) is 23.5 Å². The Bertz CT molecular complexity index is 1270. The number of methoxy groups -OCH3 is 1. The van der Waals surface area contributed by atoms with Gasteiger partial charge in [-0.1, -0.05) is 7.43 Å². The Labute approximate surface area is 208 Å². The summed E-state index contributed by atoms with van der Waals surface area (Å²) in [5.41, 5.74) is 7.58. The van der Waals surface area contributed by atoms with Gasteiger partial charge in [-0.05, 0) is 56.0 Å². The number of hydrogen-bond donors (Lipinski definition) is 4. The minimum absolute atomic E-state index is 0. The van der Waals surface area contributed by atoms with Gasteiger partial charge in [-0.2, -0.15) is 14.6 Å². The van der Waals surface area contributed by atoms with Gasteiger partial charge in [0.2, 0.25) is 5.82 Å². The third-order valence-electron chi connectivity index (χ3n) is 6.95. The molecule has 1 aromatic carbocycles. The van der Waals surface area contributed by atoms with E-state index in [0.29, 0.717) is 23.4 Å². The van der Waals surface area contributed by atoms with Gasteiger partial charge in [-0.3, -0.25) is 9.69 Å². The number of aromatic nitrogens is 3. The van der Waals surface area contributed by atoms with Gasteiger partial charge in [0.1, 0.15) is 5.82 Å². The monoisotopic (exact) mass is 499 g/mol. The summed E-state index contributed by atoms with van der Waals surface area (Å²) in [4.78, 5) is 4.25. The van der Waals surface area contributed by atoms with Crippen LogP contribution in [0.25, 0.3) is 11.1 Å². The lowest BCUT2D eigenvalue weighted by Crippen LogP contribution is -2.40. The van der Waals surface area contributed by atoms with E-state index in [2.05, 4.69) is 20.5 Å². The number of ether oxygens (including phenoxy) is 1. The summed E-state index contributed by atoms with van der Waals surface area (Å²) >= 11 is 0. The smallest absolute Gasteiger partial charge is 0.202 e. The number of hydrazone groups is 1. The molecule has 2 fully saturated rings. The number of nitrogens with zero attached hydrogens (tertiary/aromatic N) is 5. The van der Waals surface area contributed by atoms with Crippen LogP contribution >= 0.6 is 0 Å². The summed E-state index contributed by atoms with van der Waals surface area (Å²) in [5.74, 6) is 10.4. The molecule has 3 heterocycles. The first-order valence-electron chi connectivity index (χ1n) is 11.3. The number of hydrogen-bond acceptors (Lipinski definition) is 8. The topological polar surface area (TPSA) is 146 Å². The van der Waals surface area contributed by atoms with Crippen molar-refractivity contribution in [2.24, 2.45) is 28.6 Å². The number of nitrogens with two attached hydrogens (primary N) is 3. The number of nitrogen functional groups attached to an aromatic ring is 1. The first-order chi connectivity index (χ1) is 16.9. The summed E-state index contributed by atoms with van der Waals surface area (Å²) < 4.78 is 35.7. The second-order valence-electron chi connectivity index (χ2n) is 8.91. The summed E-state index contributed by atoms with van der Waals surface area (Å²) in [7, 11) is 1.24. The Hall–Kier alpha value is -3.77. The molecule has 36 heavy (non-hydrogen) atoms. The van der Waals surface area contributed by atoms with Crippen LogP contribution in [0.2, 0.25) is 0 Å². The van der Waals surface area contributed by atoms with Crippen molar-refractivity contribution in [3.8, 4) is 16.9 Å². The maximum Gasteiger partial charge on any atom is 0.202 e. The van der Waals surface area contributed by atoms with Gasteiger partial charge >= 0.3 is 0 Å². The lowest BCUT2D eigenvalue weighted by molar-refractivity contribution is 0.372. The molecule has 192 valence electrons. The Morgan fingerprint density at radius 2 is 1.89 bits per heavy atom. The van der Waals surface area contributed by atoms with E-state index >= 15 is 0 Å². The number of rotatable bonds is 5. The minimum Gasteiger partial charge on any atom is -0.494 e. The summed E-state index contributed by atoms with van der Waals surface area (Å²) in [6.45, 7) is 2.13. The van der Waals surface area contributed by atoms with Gasteiger partial charge in [0.05, 0.1) is 30.6 Å². The molecule has 10 nitrogen and oxygen atoms in total. The Morgan fingerprint density at radius 1 is 1.17 bits per heavy atom. The SMILES string of the molecule is C.COc1ccc(N(N)/C(=N\N)c2cc(-c3cnn(C4CC5CNCC5C4)c3)cnc2N)c(F)c1F. The number of hydrazine groups is 1. The van der Waals surface area contributed by atoms with Crippen LogP contribution in [-0.4, -0.2) is 40.8 Å². The van der Waals surface area contributed by atoms with Crippen molar-refractivity contribution in [2.45, 2.75) is 26.3 Å². The van der Waals surface area contributed by atoms with Crippen LogP contribution in [0.5, 0.6) is 5.75 Å². The maximum absolute atomic E-state index is 14.7. The molecule has 1 aliphatic heterocycles. The van der Waals surface area contributed by atoms with E-state index in [1.807, 2.05) is 10.9 Å². The number of benzene rings is 1. The van der Waals surface area contributed by atoms with Gasteiger partial charge in [0.15, 0.2) is 17.4 Å². The fourth-order valence-electron chi connectivity index (χ4n) is 5.09. The average molecular weight is 500 g/mol. The fraction of sp³-hybridized carbons (Fsp3) is 0.375. The molecule has 0 radical (unpaired) electrons. The highest BCUT2D eigenvalue weighted by atomic mass is 19.2. The number of halogens is 2. The number of fused-ring (bicyclic) bond motifs is 1. The zero-order valence-corrected chi connectivity index (χ0v) is 19.2. The molecule has 0 spiro atoms. The highest BCUT2D eigenvalue weighted by Gasteiger charge is 2.38. The van der Waals surface area contributed by atoms with Crippen molar-refractivity contribution in [3.63, 3.8) is 0 Å². The highest BCUT2D eigenvalue weighted by Crippen LogP contribution is 2.41. The van der Waals surface area contributed by atoms with Crippen molar-refractivity contribution in [3.05, 3.63) is 54.0 Å². The quantitative estimate of drug-likeness (QED) is 0.181. The molecule has 3 aromatic rings. The summed E-state index contributed by atoms with van der Waals surface area (Å²) in [6.07, 6.45) is 7.55. The molecule has 2 atom stereocenters. The number of pyridine rings is 1. The zero-order valence-electron chi connectivity index (χ0n) is 19.2. The molecule has 7 N–H and O–H groups in total. The van der Waals surface area contributed by atoms with Crippen molar-refractivity contribution in [1.29, 1.82) is 0 Å². The van der Waals surface area contributed by atoms with Crippen LogP contribution in [0.3, 0.4) is 0 Å². The average Bonchev–Trinajstić information content (AvgIpc) is 3.58. The van der Waals surface area contributed by atoms with E-state index in [4.69, 9.17) is 22.2 Å². The molecule has 0 amide bonds. The molecule has 1 saturated carbocycles. The van der Waals surface area contributed by atoms with Crippen LogP contribution in [0.1, 0.15) is 31.9 Å². The number of nitrogens with one attached hydrogen (secondary N) is 1. The number of anilines is 2. The third kappa shape index (κ3) is 4.33. The second kappa shape index (κ2) is 10.1. The van der Waals surface area contributed by atoms with Crippen LogP contribution in [0.15, 0.2) is 41.9 Å². The van der Waals surface area contributed by atoms with Crippen molar-refractivity contribution < 1.29 is 13.5 Å². The third-order valence-corrected chi connectivity index (χ3v) is 6.95. The summed E-state index contributed by atoms with van der Waals surface area (Å²) in [6, 6.07) is 4.56. The lowest BCUT2D eigenvalue weighted by atomic mass is 10.0. The first-order valence-corrected chi connectivity index (χ1v) is 11.3. The number of amidine groups is 1. The lowest BCUT2D eigenvalue weighted by Gasteiger charge is -2.22. The highest BCUT2D eigenvalue weighted by molar-refractivity contribution is 6.12. The Balaban J connectivity index is 0.00000304. The normalized spacial score (nSPS) is 21.2. The van der Waals surface area contributed by atoms with E-state index in [1.54, 1.807) is 18.5 Å². The molecule has 1 aliphatic carbocycles. The van der Waals surface area contributed by atoms with Crippen molar-refractivity contribution >= 4 is 17.3 Å². The molecule has 2 unspecified atom stereocenters. The van der Waals surface area contributed by atoms with Crippen molar-refractivity contribution in [2.75, 3.05) is 30.9 Å². The van der Waals surface area contributed by atoms with E-state index in [-0.39, 0.29) is 36.1 Å². The van der Waals surface area contributed by atoms with E-state index in [0.717, 1.165) is 36.5 Å². The fourth-order valence-corrected chi connectivity index (χ4v) is 5.09. The summed E-state index contributed by atoms with van der Waals surface area (Å²) in [5, 5.41) is 12.6. The second-order valence-corrected chi connectivity index (χ2v) is 8.91. The predicted molar refractivity (Wildman–Crippen MR) is 135 cm³/mol. The van der Waals surface area contributed by atoms with Gasteiger partial charge in [0.25, 0.3) is 0 Å². The Morgan fingerprint density at radius 3 is 2.56 bits per heavy atom. The van der Waals surface area contributed by atoms with Gasteiger partial charge in [-0.25, -0.2) is 15.2 Å². The van der Waals surface area contributed by atoms with E-state index in [9.17, 15) is 8.78 Å². The zero-order chi connectivity index (χ0) is 24.7. The largest absolute Gasteiger partial charge is 0.494 e. The predicted octanol–water partition coefficient (Wildman–Crippen LogP) is 2.62. The molecule has 0 bridgehead atoms. The molecule has 12 heteroatoms. The maximum atomic E-state index is 14.7. The Kier molecular flexibility index (Phi) is 7.09. The van der Waals surface area contributed by atoms with Crippen LogP contribution in [0, 0.1) is 23.5 Å². The minimum atomic E-state index is -1.21. The van der Waals surface area contributed by atoms with E-state index < -0.39 is 11.6 Å². The molecule has 2 aromatic heterocycles. The van der Waals surface area contributed by atoms with Gasteiger partial charge < -0.3 is 21.6 Å². The van der Waals surface area contributed by atoms with E-state index in [1.165, 1.54) is 19.2 Å². The first kappa shape index (κ1) is 25.3. The molecule has 1 saturated heterocycles. The van der Waals surface area contributed by atoms with Crippen LogP contribution < -0.4 is 32.5 Å². The standard InChI is InChI=1S/C23H27F2N9O.CH4/c1-35-19-3-2-18(20(24)21(19)25)34(28)23(32-27)17-6-14(9-30-22(17)26)15-10-31-33(11-15)16-4-12-7-29-8-13(12)5-16;/h2-3,6,9-13,16,29H,4-5,7-8,27-28H2,1H3,(H2,26,30);1H4/b32-23-;. The van der Waals surface area contributed by atoms with Crippen LogP contribution in [-0.2, 0) is 0 Å². The molecule has 5 rings (SSSR count). The van der Waals surface area contributed by atoms with Crippen LogP contribution in [0.4, 0.5) is 20.3 Å². The molecule has 2 aliphatic rings. The van der Waals surface area contributed by atoms with Gasteiger partial charge in [-0.15, -0.1) is 0 Å².